The lowest BCUT2D eigenvalue weighted by atomic mass is 9.99. The normalized spacial score (nSPS) is 15.3. The van der Waals surface area contributed by atoms with Crippen LogP contribution < -0.4 is 5.73 Å². The van der Waals surface area contributed by atoms with Gasteiger partial charge in [-0.05, 0) is 48.1 Å². The number of aliphatic hydroxyl groups excluding tert-OH is 1. The Morgan fingerprint density at radius 3 is 2.55 bits per heavy atom. The van der Waals surface area contributed by atoms with E-state index in [2.05, 4.69) is 0 Å². The van der Waals surface area contributed by atoms with E-state index >= 15 is 0 Å². The van der Waals surface area contributed by atoms with Gasteiger partial charge in [0.1, 0.15) is 6.61 Å². The molecular weight excluding hydrogens is 278 g/mol. The van der Waals surface area contributed by atoms with Crippen LogP contribution >= 0.6 is 0 Å². The van der Waals surface area contributed by atoms with E-state index in [4.69, 9.17) is 10.5 Å². The van der Waals surface area contributed by atoms with E-state index in [1.807, 2.05) is 18.2 Å². The van der Waals surface area contributed by atoms with Crippen molar-refractivity contribution >= 4 is 11.7 Å². The number of hydrogen-bond acceptors (Lipinski definition) is 4. The van der Waals surface area contributed by atoms with Gasteiger partial charge in [-0.25, -0.2) is 4.79 Å². The van der Waals surface area contributed by atoms with Gasteiger partial charge in [-0.15, -0.1) is 0 Å². The minimum Gasteiger partial charge on any atom is -0.457 e. The zero-order chi connectivity index (χ0) is 15.5. The summed E-state index contributed by atoms with van der Waals surface area (Å²) < 4.78 is 5.35. The molecule has 2 aromatic carbocycles. The smallest absolute Gasteiger partial charge is 0.338 e. The number of carbonyl (C=O) groups is 1. The van der Waals surface area contributed by atoms with Crippen LogP contribution in [0.5, 0.6) is 0 Å². The van der Waals surface area contributed by atoms with Crippen molar-refractivity contribution in [3.05, 3.63) is 65.2 Å². The number of rotatable bonds is 5. The van der Waals surface area contributed by atoms with Crippen LogP contribution in [0.25, 0.3) is 0 Å². The third kappa shape index (κ3) is 3.28. The molecule has 4 nitrogen and oxygen atoms in total. The number of nitrogens with two attached hydrogens (primary N) is 1. The number of benzene rings is 2. The Morgan fingerprint density at radius 2 is 1.86 bits per heavy atom. The Morgan fingerprint density at radius 1 is 1.18 bits per heavy atom. The molecule has 0 spiro atoms. The van der Waals surface area contributed by atoms with Crippen LogP contribution in [-0.4, -0.2) is 11.1 Å². The first kappa shape index (κ1) is 14.6. The van der Waals surface area contributed by atoms with Crippen molar-refractivity contribution in [1.29, 1.82) is 0 Å². The third-order valence-corrected chi connectivity index (χ3v) is 3.92. The Balaban J connectivity index is 1.70. The molecule has 1 unspecified atom stereocenters. The summed E-state index contributed by atoms with van der Waals surface area (Å²) in [7, 11) is 0. The highest BCUT2D eigenvalue weighted by Crippen LogP contribution is 2.41. The average molecular weight is 297 g/mol. The Labute approximate surface area is 129 Å². The fraction of sp³-hybridized carbons (Fsp3) is 0.278. The molecule has 22 heavy (non-hydrogen) atoms. The molecule has 3 N–H and O–H groups in total. The second kappa shape index (κ2) is 6.20. The van der Waals surface area contributed by atoms with E-state index in [0.717, 1.165) is 18.4 Å². The second-order valence-electron chi connectivity index (χ2n) is 5.69. The van der Waals surface area contributed by atoms with Crippen LogP contribution in [-0.2, 0) is 11.3 Å². The number of nitrogen functional groups attached to an aromatic ring is 1. The summed E-state index contributed by atoms with van der Waals surface area (Å²) in [6.45, 7) is 0.187. The van der Waals surface area contributed by atoms with Crippen LogP contribution in [0.15, 0.2) is 48.5 Å². The van der Waals surface area contributed by atoms with Gasteiger partial charge in [0.15, 0.2) is 0 Å². The molecule has 114 valence electrons. The highest BCUT2D eigenvalue weighted by Gasteiger charge is 2.33. The highest BCUT2D eigenvalue weighted by molar-refractivity contribution is 5.91. The molecule has 2 aromatic rings. The van der Waals surface area contributed by atoms with Crippen molar-refractivity contribution in [2.45, 2.75) is 25.6 Å². The van der Waals surface area contributed by atoms with Gasteiger partial charge in [0, 0.05) is 5.69 Å². The van der Waals surface area contributed by atoms with Gasteiger partial charge >= 0.3 is 5.97 Å². The van der Waals surface area contributed by atoms with Crippen LogP contribution in [0.2, 0.25) is 0 Å². The number of ether oxygens (including phenoxy) is 1. The SMILES string of the molecule is Nc1ccc(COC(=O)c2ccccc2C(O)C2CC2)cc1. The summed E-state index contributed by atoms with van der Waals surface area (Å²) in [6, 6.07) is 14.3. The third-order valence-electron chi connectivity index (χ3n) is 3.92. The fourth-order valence-electron chi connectivity index (χ4n) is 2.45. The predicted molar refractivity (Wildman–Crippen MR) is 84.1 cm³/mol. The van der Waals surface area contributed by atoms with Crippen LogP contribution in [0.1, 0.15) is 40.4 Å². The maximum absolute atomic E-state index is 12.3. The van der Waals surface area contributed by atoms with Gasteiger partial charge in [-0.3, -0.25) is 0 Å². The molecule has 1 fully saturated rings. The van der Waals surface area contributed by atoms with Gasteiger partial charge in [0.25, 0.3) is 0 Å². The van der Waals surface area contributed by atoms with Crippen molar-refractivity contribution in [2.24, 2.45) is 5.92 Å². The van der Waals surface area contributed by atoms with E-state index in [1.165, 1.54) is 0 Å². The Bertz CT molecular complexity index is 662. The van der Waals surface area contributed by atoms with Crippen molar-refractivity contribution in [1.82, 2.24) is 0 Å². The molecule has 0 saturated heterocycles. The van der Waals surface area contributed by atoms with E-state index in [-0.39, 0.29) is 12.5 Å². The minimum absolute atomic E-state index is 0.187. The largest absolute Gasteiger partial charge is 0.457 e. The summed E-state index contributed by atoms with van der Waals surface area (Å²) in [5.74, 6) is -0.141. The number of hydrogen-bond donors (Lipinski definition) is 2. The van der Waals surface area contributed by atoms with Gasteiger partial charge in [-0.1, -0.05) is 30.3 Å². The lowest BCUT2D eigenvalue weighted by Crippen LogP contribution is -2.12. The fourth-order valence-corrected chi connectivity index (χ4v) is 2.45. The molecule has 4 heteroatoms. The molecular formula is C18H19NO3. The average Bonchev–Trinajstić information content (AvgIpc) is 3.38. The van der Waals surface area contributed by atoms with Crippen LogP contribution in [0.3, 0.4) is 0 Å². The van der Waals surface area contributed by atoms with Crippen molar-refractivity contribution in [2.75, 3.05) is 5.73 Å². The predicted octanol–water partition coefficient (Wildman–Crippen LogP) is 3.07. The molecule has 0 radical (unpaired) electrons. The lowest BCUT2D eigenvalue weighted by Gasteiger charge is -2.14. The maximum atomic E-state index is 12.3. The molecule has 0 heterocycles. The van der Waals surface area contributed by atoms with E-state index < -0.39 is 12.1 Å². The molecule has 1 aliphatic rings. The highest BCUT2D eigenvalue weighted by atomic mass is 16.5. The van der Waals surface area contributed by atoms with Gasteiger partial charge in [0.2, 0.25) is 0 Å². The number of esters is 1. The Hall–Kier alpha value is -2.33. The van der Waals surface area contributed by atoms with E-state index in [0.29, 0.717) is 16.8 Å². The van der Waals surface area contributed by atoms with Crippen LogP contribution in [0.4, 0.5) is 5.69 Å². The maximum Gasteiger partial charge on any atom is 0.338 e. The molecule has 1 saturated carbocycles. The molecule has 1 aliphatic carbocycles. The summed E-state index contributed by atoms with van der Waals surface area (Å²) in [5, 5.41) is 10.3. The molecule has 0 bridgehead atoms. The second-order valence-corrected chi connectivity index (χ2v) is 5.69. The number of aliphatic hydroxyl groups is 1. The summed E-state index contributed by atoms with van der Waals surface area (Å²) in [6.07, 6.45) is 1.44. The van der Waals surface area contributed by atoms with E-state index in [9.17, 15) is 9.90 Å². The topological polar surface area (TPSA) is 72.5 Å². The summed E-state index contributed by atoms with van der Waals surface area (Å²) in [4.78, 5) is 12.3. The summed E-state index contributed by atoms with van der Waals surface area (Å²) in [5.41, 5.74) is 8.28. The Kier molecular flexibility index (Phi) is 4.11. The first-order valence-electron chi connectivity index (χ1n) is 7.43. The van der Waals surface area contributed by atoms with Gasteiger partial charge in [0.05, 0.1) is 11.7 Å². The zero-order valence-corrected chi connectivity index (χ0v) is 12.2. The van der Waals surface area contributed by atoms with Gasteiger partial charge < -0.3 is 15.6 Å². The van der Waals surface area contributed by atoms with E-state index in [1.54, 1.807) is 30.3 Å². The standard InChI is InChI=1S/C18H19NO3/c19-14-9-5-12(6-10-14)11-22-18(21)16-4-2-1-3-15(16)17(20)13-7-8-13/h1-6,9-10,13,17,20H,7-8,11,19H2. The van der Waals surface area contributed by atoms with Crippen LogP contribution in [0, 0.1) is 5.92 Å². The van der Waals surface area contributed by atoms with Crippen molar-refractivity contribution in [3.8, 4) is 0 Å². The van der Waals surface area contributed by atoms with Crippen molar-refractivity contribution in [3.63, 3.8) is 0 Å². The molecule has 1 atom stereocenters. The van der Waals surface area contributed by atoms with Gasteiger partial charge in [-0.2, -0.15) is 0 Å². The minimum atomic E-state index is -0.583. The first-order chi connectivity index (χ1) is 10.6. The monoisotopic (exact) mass is 297 g/mol. The number of anilines is 1. The molecule has 0 amide bonds. The van der Waals surface area contributed by atoms with Crippen molar-refractivity contribution < 1.29 is 14.6 Å². The zero-order valence-electron chi connectivity index (χ0n) is 12.2. The lowest BCUT2D eigenvalue weighted by molar-refractivity contribution is 0.0464. The number of carbonyl (C=O) groups excluding carboxylic acids is 1. The molecule has 3 rings (SSSR count). The quantitative estimate of drug-likeness (QED) is 0.657. The molecule has 0 aromatic heterocycles. The summed E-state index contributed by atoms with van der Waals surface area (Å²) >= 11 is 0. The molecule has 0 aliphatic heterocycles. The first-order valence-corrected chi connectivity index (χ1v) is 7.43.